The average Bonchev–Trinajstić information content (AvgIpc) is 3.27. The standard InChI is InChI=1S/C19H15ClN2S.ClH/c20-18-10-9-17(23-18)15-5-1-13(2-6-15)14-3-7-16(8-4-14)19-21-11-12-22-19;/h1-10H,11-12H2,(H,21,22);1H. The van der Waals surface area contributed by atoms with Crippen LogP contribution in [0.1, 0.15) is 5.56 Å². The molecule has 3 aromatic rings. The van der Waals surface area contributed by atoms with Crippen LogP contribution in [-0.4, -0.2) is 18.9 Å². The van der Waals surface area contributed by atoms with E-state index in [1.54, 1.807) is 11.3 Å². The largest absolute Gasteiger partial charge is 0.368 e. The van der Waals surface area contributed by atoms with Gasteiger partial charge in [0.05, 0.1) is 10.9 Å². The monoisotopic (exact) mass is 374 g/mol. The van der Waals surface area contributed by atoms with E-state index in [1.165, 1.54) is 21.6 Å². The van der Waals surface area contributed by atoms with Crippen molar-refractivity contribution in [2.24, 2.45) is 4.99 Å². The molecule has 2 aromatic carbocycles. The van der Waals surface area contributed by atoms with Crippen LogP contribution in [0, 0.1) is 0 Å². The zero-order valence-electron chi connectivity index (χ0n) is 12.8. The van der Waals surface area contributed by atoms with E-state index in [0.717, 1.165) is 28.8 Å². The van der Waals surface area contributed by atoms with Crippen LogP contribution in [0.3, 0.4) is 0 Å². The molecule has 5 heteroatoms. The van der Waals surface area contributed by atoms with Crippen molar-refractivity contribution in [2.75, 3.05) is 13.1 Å². The maximum Gasteiger partial charge on any atom is 0.128 e. The molecule has 1 aliphatic rings. The fourth-order valence-corrected chi connectivity index (χ4v) is 3.76. The first-order valence-electron chi connectivity index (χ1n) is 7.54. The van der Waals surface area contributed by atoms with Gasteiger partial charge in [-0.05, 0) is 28.8 Å². The van der Waals surface area contributed by atoms with Gasteiger partial charge in [0.1, 0.15) is 5.84 Å². The summed E-state index contributed by atoms with van der Waals surface area (Å²) in [5.41, 5.74) is 4.77. The second-order valence-electron chi connectivity index (χ2n) is 5.42. The smallest absolute Gasteiger partial charge is 0.128 e. The average molecular weight is 375 g/mol. The normalized spacial score (nSPS) is 13.1. The fraction of sp³-hybridized carbons (Fsp3) is 0.105. The molecule has 1 N–H and O–H groups in total. The highest BCUT2D eigenvalue weighted by molar-refractivity contribution is 7.19. The number of amidine groups is 1. The highest BCUT2D eigenvalue weighted by Crippen LogP contribution is 2.32. The molecule has 0 bridgehead atoms. The number of aliphatic imine (C=N–C) groups is 1. The highest BCUT2D eigenvalue weighted by atomic mass is 35.5. The van der Waals surface area contributed by atoms with Gasteiger partial charge in [-0.15, -0.1) is 23.7 Å². The Morgan fingerprint density at radius 1 is 0.792 bits per heavy atom. The van der Waals surface area contributed by atoms with Crippen LogP contribution < -0.4 is 5.32 Å². The molecule has 0 fully saturated rings. The van der Waals surface area contributed by atoms with E-state index in [1.807, 2.05) is 6.07 Å². The SMILES string of the molecule is Cl.Clc1ccc(-c2ccc(-c3ccc(C4=NCCN4)cc3)cc2)s1. The van der Waals surface area contributed by atoms with E-state index in [4.69, 9.17) is 11.6 Å². The van der Waals surface area contributed by atoms with Crippen molar-refractivity contribution in [2.45, 2.75) is 0 Å². The number of nitrogens with one attached hydrogen (secondary N) is 1. The third-order valence-corrected chi connectivity index (χ3v) is 5.19. The maximum absolute atomic E-state index is 6.01. The highest BCUT2D eigenvalue weighted by Gasteiger charge is 2.08. The summed E-state index contributed by atoms with van der Waals surface area (Å²) >= 11 is 7.61. The van der Waals surface area contributed by atoms with Gasteiger partial charge in [-0.1, -0.05) is 60.1 Å². The van der Waals surface area contributed by atoms with Crippen molar-refractivity contribution < 1.29 is 0 Å². The molecular formula is C19H16Cl2N2S. The summed E-state index contributed by atoms with van der Waals surface area (Å²) in [4.78, 5) is 5.65. The lowest BCUT2D eigenvalue weighted by molar-refractivity contribution is 0.960. The van der Waals surface area contributed by atoms with Crippen molar-refractivity contribution in [3.63, 3.8) is 0 Å². The van der Waals surface area contributed by atoms with E-state index < -0.39 is 0 Å². The van der Waals surface area contributed by atoms with Crippen molar-refractivity contribution >= 4 is 41.2 Å². The zero-order chi connectivity index (χ0) is 15.6. The molecule has 1 aromatic heterocycles. The van der Waals surface area contributed by atoms with Crippen LogP contribution in [0.5, 0.6) is 0 Å². The lowest BCUT2D eigenvalue weighted by Gasteiger charge is -2.06. The summed E-state index contributed by atoms with van der Waals surface area (Å²) in [5, 5.41) is 3.30. The zero-order valence-corrected chi connectivity index (χ0v) is 15.2. The lowest BCUT2D eigenvalue weighted by atomic mass is 10.0. The summed E-state index contributed by atoms with van der Waals surface area (Å²) in [6.45, 7) is 1.80. The van der Waals surface area contributed by atoms with Crippen LogP contribution >= 0.6 is 35.3 Å². The molecule has 0 amide bonds. The summed E-state index contributed by atoms with van der Waals surface area (Å²) in [5.74, 6) is 1.00. The molecule has 2 nitrogen and oxygen atoms in total. The molecule has 0 spiro atoms. The van der Waals surface area contributed by atoms with Gasteiger partial charge in [0.25, 0.3) is 0 Å². The first kappa shape index (κ1) is 17.0. The third kappa shape index (κ3) is 3.48. The minimum absolute atomic E-state index is 0. The Morgan fingerprint density at radius 2 is 1.38 bits per heavy atom. The molecule has 4 rings (SSSR count). The second kappa shape index (κ2) is 7.39. The summed E-state index contributed by atoms with van der Waals surface area (Å²) in [7, 11) is 0. The van der Waals surface area contributed by atoms with Crippen LogP contribution in [0.15, 0.2) is 65.7 Å². The Morgan fingerprint density at radius 3 is 1.88 bits per heavy atom. The lowest BCUT2D eigenvalue weighted by Crippen LogP contribution is -2.19. The summed E-state index contributed by atoms with van der Waals surface area (Å²) in [6, 6.07) is 21.2. The van der Waals surface area contributed by atoms with E-state index >= 15 is 0 Å². The topological polar surface area (TPSA) is 24.4 Å². The van der Waals surface area contributed by atoms with Crippen molar-refractivity contribution in [3.8, 4) is 21.6 Å². The predicted octanol–water partition coefficient (Wildman–Crippen LogP) is 5.51. The van der Waals surface area contributed by atoms with Gasteiger partial charge >= 0.3 is 0 Å². The van der Waals surface area contributed by atoms with Gasteiger partial charge in [0, 0.05) is 17.0 Å². The van der Waals surface area contributed by atoms with Gasteiger partial charge in [-0.25, -0.2) is 0 Å². The predicted molar refractivity (Wildman–Crippen MR) is 107 cm³/mol. The van der Waals surface area contributed by atoms with E-state index in [0.29, 0.717) is 0 Å². The summed E-state index contributed by atoms with van der Waals surface area (Å²) < 4.78 is 0.822. The van der Waals surface area contributed by atoms with Gasteiger partial charge in [0.2, 0.25) is 0 Å². The quantitative estimate of drug-likeness (QED) is 0.642. The molecule has 0 unspecified atom stereocenters. The summed E-state index contributed by atoms with van der Waals surface area (Å²) in [6.07, 6.45) is 0. The molecular weight excluding hydrogens is 359 g/mol. The first-order chi connectivity index (χ1) is 11.3. The third-order valence-electron chi connectivity index (χ3n) is 3.91. The number of thiophene rings is 1. The minimum atomic E-state index is 0. The molecule has 0 atom stereocenters. The molecule has 0 saturated heterocycles. The van der Waals surface area contributed by atoms with Crippen LogP contribution in [0.4, 0.5) is 0 Å². The van der Waals surface area contributed by atoms with Crippen LogP contribution in [-0.2, 0) is 0 Å². The Labute approximate surface area is 156 Å². The fourth-order valence-electron chi connectivity index (χ4n) is 2.71. The van der Waals surface area contributed by atoms with Gasteiger partial charge in [0.15, 0.2) is 0 Å². The van der Waals surface area contributed by atoms with Gasteiger partial charge in [-0.2, -0.15) is 0 Å². The Balaban J connectivity index is 0.00000169. The number of benzene rings is 2. The number of hydrogen-bond acceptors (Lipinski definition) is 3. The van der Waals surface area contributed by atoms with Crippen molar-refractivity contribution in [1.29, 1.82) is 0 Å². The molecule has 0 radical (unpaired) electrons. The maximum atomic E-state index is 6.01. The van der Waals surface area contributed by atoms with E-state index in [-0.39, 0.29) is 12.4 Å². The van der Waals surface area contributed by atoms with Crippen LogP contribution in [0.25, 0.3) is 21.6 Å². The molecule has 2 heterocycles. The Kier molecular flexibility index (Phi) is 5.24. The molecule has 24 heavy (non-hydrogen) atoms. The number of halogens is 2. The first-order valence-corrected chi connectivity index (χ1v) is 8.74. The molecule has 1 aliphatic heterocycles. The Bertz CT molecular complexity index is 852. The molecule has 0 aliphatic carbocycles. The van der Waals surface area contributed by atoms with Crippen molar-refractivity contribution in [3.05, 3.63) is 70.6 Å². The van der Waals surface area contributed by atoms with E-state index in [9.17, 15) is 0 Å². The number of nitrogens with zero attached hydrogens (tertiary/aromatic N) is 1. The minimum Gasteiger partial charge on any atom is -0.368 e. The number of hydrogen-bond donors (Lipinski definition) is 1. The number of rotatable bonds is 3. The second-order valence-corrected chi connectivity index (χ2v) is 7.13. The van der Waals surface area contributed by atoms with Crippen LogP contribution in [0.2, 0.25) is 4.34 Å². The molecule has 0 saturated carbocycles. The van der Waals surface area contributed by atoms with Crippen molar-refractivity contribution in [1.82, 2.24) is 5.32 Å². The van der Waals surface area contributed by atoms with Gasteiger partial charge in [-0.3, -0.25) is 4.99 Å². The van der Waals surface area contributed by atoms with Gasteiger partial charge < -0.3 is 5.32 Å². The molecule has 122 valence electrons. The van der Waals surface area contributed by atoms with E-state index in [2.05, 4.69) is 64.9 Å². The Hall–Kier alpha value is -1.81.